The Kier molecular flexibility index (Phi) is 10.9. The van der Waals surface area contributed by atoms with Crippen LogP contribution in [0.15, 0.2) is 279 Å². The van der Waals surface area contributed by atoms with E-state index < -0.39 is 0 Å². The zero-order valence-electron chi connectivity index (χ0n) is 41.0. The summed E-state index contributed by atoms with van der Waals surface area (Å²) in [6.45, 7) is 4.79. The van der Waals surface area contributed by atoms with Crippen molar-refractivity contribution >= 4 is 55.7 Å². The van der Waals surface area contributed by atoms with E-state index in [9.17, 15) is 0 Å². The number of anilines is 6. The van der Waals surface area contributed by atoms with Crippen LogP contribution in [0.5, 0.6) is 0 Å². The molecule has 0 spiro atoms. The molecular formula is C71H52N2. The number of nitrogens with zero attached hydrogens (tertiary/aromatic N) is 2. The molecule has 0 atom stereocenters. The molecule has 0 saturated heterocycles. The molecule has 0 amide bonds. The topological polar surface area (TPSA) is 6.48 Å². The summed E-state index contributed by atoms with van der Waals surface area (Å²) in [6, 6.07) is 102. The first-order chi connectivity index (χ1) is 36.0. The van der Waals surface area contributed by atoms with Gasteiger partial charge in [-0.2, -0.15) is 0 Å². The third-order valence-corrected chi connectivity index (χ3v) is 15.0. The average Bonchev–Trinajstić information content (AvgIpc) is 3.69. The van der Waals surface area contributed by atoms with Gasteiger partial charge in [-0.1, -0.05) is 244 Å². The van der Waals surface area contributed by atoms with Crippen molar-refractivity contribution in [2.45, 2.75) is 19.3 Å². The Bertz CT molecular complexity index is 3960. The Labute approximate surface area is 428 Å². The molecule has 73 heavy (non-hydrogen) atoms. The van der Waals surface area contributed by atoms with E-state index in [2.05, 4.69) is 303 Å². The van der Waals surface area contributed by atoms with Crippen LogP contribution in [-0.4, -0.2) is 0 Å². The summed E-state index contributed by atoms with van der Waals surface area (Å²) in [4.78, 5) is 5.09. The Hall–Kier alpha value is -9.24. The summed E-state index contributed by atoms with van der Waals surface area (Å²) < 4.78 is 0. The molecule has 2 nitrogen and oxygen atoms in total. The number of hydrogen-bond donors (Lipinski definition) is 0. The van der Waals surface area contributed by atoms with Crippen LogP contribution in [0.25, 0.3) is 77.2 Å². The van der Waals surface area contributed by atoms with Crippen LogP contribution < -0.4 is 9.80 Å². The van der Waals surface area contributed by atoms with E-state index in [4.69, 9.17) is 0 Å². The first kappa shape index (κ1) is 43.8. The number of hydrogen-bond acceptors (Lipinski definition) is 2. The summed E-state index contributed by atoms with van der Waals surface area (Å²) in [5, 5.41) is 4.63. The van der Waals surface area contributed by atoms with Gasteiger partial charge in [0.15, 0.2) is 0 Å². The fourth-order valence-electron chi connectivity index (χ4n) is 11.5. The van der Waals surface area contributed by atoms with Gasteiger partial charge in [-0.05, 0) is 104 Å². The molecule has 13 rings (SSSR count). The summed E-state index contributed by atoms with van der Waals surface area (Å²) in [7, 11) is 0. The van der Waals surface area contributed by atoms with Gasteiger partial charge in [0, 0.05) is 49.5 Å². The Balaban J connectivity index is 1.17. The highest BCUT2D eigenvalue weighted by atomic mass is 15.2. The lowest BCUT2D eigenvalue weighted by atomic mass is 9.81. The van der Waals surface area contributed by atoms with Crippen molar-refractivity contribution in [3.8, 4) is 55.6 Å². The van der Waals surface area contributed by atoms with Crippen LogP contribution in [0.4, 0.5) is 34.1 Å². The second-order valence-corrected chi connectivity index (χ2v) is 19.6. The van der Waals surface area contributed by atoms with Crippen LogP contribution >= 0.6 is 0 Å². The summed E-state index contributed by atoms with van der Waals surface area (Å²) in [5.41, 5.74) is 21.0. The molecule has 0 saturated carbocycles. The minimum absolute atomic E-state index is 0.250. The van der Waals surface area contributed by atoms with E-state index in [0.717, 1.165) is 72.5 Å². The van der Waals surface area contributed by atoms with Crippen molar-refractivity contribution in [3.05, 3.63) is 290 Å². The maximum absolute atomic E-state index is 2.55. The molecule has 12 aromatic carbocycles. The SMILES string of the molecule is CC1(C)c2ccccc2-c2cc3c(N(c4ccc(-c5ccccc5)cc4)c4ccccc4-c4ccccc4)c4ccccc4c(N(c4ccc(-c5ccccc5)cc4)c4ccccc4-c4ccccc4)c3cc21. The number of rotatable bonds is 10. The lowest BCUT2D eigenvalue weighted by molar-refractivity contribution is 0.661. The smallest absolute Gasteiger partial charge is 0.0620 e. The van der Waals surface area contributed by atoms with Gasteiger partial charge in [0.2, 0.25) is 0 Å². The standard InChI is InChI=1S/C71H52N2/c1-71(2)65-36-20-17-33-59(65)62-47-63-64(48-66(62)71)70(73(56-45-41-52(42-46-56)50-25-9-4-10-26-50)68-38-22-19-32-58(68)54-29-13-6-14-30-54)61-35-16-15-34-60(61)69(63)72(55-43-39-51(40-44-55)49-23-7-3-8-24-49)67-37-21-18-31-57(67)53-27-11-5-12-28-53/h3-48H,1-2H3. The fraction of sp³-hybridized carbons (Fsp3) is 0.0423. The van der Waals surface area contributed by atoms with Gasteiger partial charge in [-0.25, -0.2) is 0 Å². The zero-order valence-corrected chi connectivity index (χ0v) is 41.0. The van der Waals surface area contributed by atoms with Gasteiger partial charge in [0.25, 0.3) is 0 Å². The second-order valence-electron chi connectivity index (χ2n) is 19.6. The van der Waals surface area contributed by atoms with Gasteiger partial charge in [-0.3, -0.25) is 0 Å². The maximum Gasteiger partial charge on any atom is 0.0620 e. The third-order valence-electron chi connectivity index (χ3n) is 15.0. The zero-order chi connectivity index (χ0) is 48.9. The lowest BCUT2D eigenvalue weighted by Gasteiger charge is -2.35. The predicted octanol–water partition coefficient (Wildman–Crippen LogP) is 19.9. The van der Waals surface area contributed by atoms with E-state index in [0.29, 0.717) is 0 Å². The van der Waals surface area contributed by atoms with Gasteiger partial charge >= 0.3 is 0 Å². The molecule has 0 unspecified atom stereocenters. The highest BCUT2D eigenvalue weighted by Crippen LogP contribution is 2.57. The van der Waals surface area contributed by atoms with Gasteiger partial charge in [0.05, 0.1) is 22.7 Å². The Morgan fingerprint density at radius 1 is 0.247 bits per heavy atom. The third kappa shape index (κ3) is 7.59. The van der Waals surface area contributed by atoms with Gasteiger partial charge in [-0.15, -0.1) is 0 Å². The Morgan fingerprint density at radius 2 is 0.589 bits per heavy atom. The van der Waals surface area contributed by atoms with Crippen molar-refractivity contribution in [2.24, 2.45) is 0 Å². The van der Waals surface area contributed by atoms with Gasteiger partial charge < -0.3 is 9.80 Å². The maximum atomic E-state index is 2.55. The molecule has 1 aliphatic rings. The number of fused-ring (bicyclic) bond motifs is 5. The van der Waals surface area contributed by atoms with E-state index in [-0.39, 0.29) is 5.41 Å². The number of benzene rings is 12. The predicted molar refractivity (Wildman–Crippen MR) is 310 cm³/mol. The quantitative estimate of drug-likeness (QED) is 0.0996. The van der Waals surface area contributed by atoms with Crippen molar-refractivity contribution in [1.29, 1.82) is 0 Å². The van der Waals surface area contributed by atoms with Crippen molar-refractivity contribution < 1.29 is 0 Å². The molecule has 1 aliphatic carbocycles. The molecule has 12 aromatic rings. The average molecular weight is 933 g/mol. The first-order valence-corrected chi connectivity index (χ1v) is 25.3. The molecule has 0 radical (unpaired) electrons. The Morgan fingerprint density at radius 3 is 1.04 bits per heavy atom. The highest BCUT2D eigenvalue weighted by molar-refractivity contribution is 6.25. The molecule has 346 valence electrons. The highest BCUT2D eigenvalue weighted by Gasteiger charge is 2.37. The largest absolute Gasteiger partial charge is 0.309 e. The van der Waals surface area contributed by atoms with Crippen LogP contribution in [0.3, 0.4) is 0 Å². The van der Waals surface area contributed by atoms with E-state index >= 15 is 0 Å². The van der Waals surface area contributed by atoms with Crippen LogP contribution in [0.2, 0.25) is 0 Å². The lowest BCUT2D eigenvalue weighted by Crippen LogP contribution is -2.17. The molecule has 2 heteroatoms. The molecule has 0 aliphatic heterocycles. The van der Waals surface area contributed by atoms with Crippen molar-refractivity contribution in [3.63, 3.8) is 0 Å². The number of para-hydroxylation sites is 2. The molecule has 0 bridgehead atoms. The van der Waals surface area contributed by atoms with Crippen LogP contribution in [0.1, 0.15) is 25.0 Å². The molecule has 0 fully saturated rings. The van der Waals surface area contributed by atoms with E-state index in [1.165, 1.54) is 49.9 Å². The van der Waals surface area contributed by atoms with Crippen LogP contribution in [0, 0.1) is 0 Å². The monoisotopic (exact) mass is 932 g/mol. The van der Waals surface area contributed by atoms with Crippen molar-refractivity contribution in [2.75, 3.05) is 9.80 Å². The molecule has 0 aromatic heterocycles. The summed E-state index contributed by atoms with van der Waals surface area (Å²) in [5.74, 6) is 0. The molecule has 0 heterocycles. The summed E-state index contributed by atoms with van der Waals surface area (Å²) >= 11 is 0. The van der Waals surface area contributed by atoms with Crippen molar-refractivity contribution in [1.82, 2.24) is 0 Å². The molecular weight excluding hydrogens is 881 g/mol. The van der Waals surface area contributed by atoms with Gasteiger partial charge in [0.1, 0.15) is 0 Å². The fourth-order valence-corrected chi connectivity index (χ4v) is 11.5. The summed E-state index contributed by atoms with van der Waals surface area (Å²) in [6.07, 6.45) is 0. The second kappa shape index (κ2) is 18.2. The normalized spacial score (nSPS) is 12.4. The minimum Gasteiger partial charge on any atom is -0.309 e. The first-order valence-electron chi connectivity index (χ1n) is 25.3. The molecule has 0 N–H and O–H groups in total. The van der Waals surface area contributed by atoms with Crippen LogP contribution in [-0.2, 0) is 5.41 Å². The van der Waals surface area contributed by atoms with E-state index in [1.54, 1.807) is 0 Å². The van der Waals surface area contributed by atoms with E-state index in [1.807, 2.05) is 0 Å². The minimum atomic E-state index is -0.250.